The maximum atomic E-state index is 12.9. The normalized spacial score (nSPS) is 11.1. The van der Waals surface area contributed by atoms with E-state index in [9.17, 15) is 4.79 Å². The van der Waals surface area contributed by atoms with Crippen LogP contribution in [0.5, 0.6) is 0 Å². The molecule has 3 rings (SSSR count). The summed E-state index contributed by atoms with van der Waals surface area (Å²) in [5.74, 6) is 0.675. The molecule has 0 aliphatic rings. The number of carbonyl (C=O) groups excluding carboxylic acids is 1. The lowest BCUT2D eigenvalue weighted by Gasteiger charge is -2.23. The molecule has 0 aliphatic carbocycles. The Labute approximate surface area is 135 Å². The first-order valence-corrected chi connectivity index (χ1v) is 7.80. The van der Waals surface area contributed by atoms with Crippen molar-refractivity contribution < 1.29 is 9.21 Å². The predicted octanol–water partition coefficient (Wildman–Crippen LogP) is 4.13. The van der Waals surface area contributed by atoms with E-state index < -0.39 is 0 Å². The number of benzene rings is 1. The Morgan fingerprint density at radius 3 is 2.74 bits per heavy atom. The van der Waals surface area contributed by atoms with E-state index in [0.29, 0.717) is 24.8 Å². The Morgan fingerprint density at radius 2 is 2.04 bits per heavy atom. The molecule has 1 aromatic carbocycles. The molecule has 0 bridgehead atoms. The standard InChI is InChI=1S/C19H20N2O2/c1-14(2)12-21(13-15-6-5-9-20-11-15)19(22)18-10-16-7-3-4-8-17(16)23-18/h3-11,14H,12-13H2,1-2H3. The topological polar surface area (TPSA) is 46.3 Å². The maximum absolute atomic E-state index is 12.9. The van der Waals surface area contributed by atoms with Crippen LogP contribution in [-0.2, 0) is 6.54 Å². The highest BCUT2D eigenvalue weighted by Gasteiger charge is 2.21. The van der Waals surface area contributed by atoms with E-state index in [1.807, 2.05) is 47.4 Å². The van der Waals surface area contributed by atoms with Crippen molar-refractivity contribution in [2.24, 2.45) is 5.92 Å². The number of furan rings is 1. The molecule has 0 saturated carbocycles. The minimum atomic E-state index is -0.0845. The highest BCUT2D eigenvalue weighted by molar-refractivity contribution is 5.96. The van der Waals surface area contributed by atoms with Gasteiger partial charge in [-0.1, -0.05) is 38.1 Å². The minimum Gasteiger partial charge on any atom is -0.451 e. The van der Waals surface area contributed by atoms with Crippen molar-refractivity contribution >= 4 is 16.9 Å². The fourth-order valence-corrected chi connectivity index (χ4v) is 2.62. The van der Waals surface area contributed by atoms with E-state index in [2.05, 4.69) is 18.8 Å². The first kappa shape index (κ1) is 15.3. The third kappa shape index (κ3) is 3.59. The van der Waals surface area contributed by atoms with Gasteiger partial charge in [-0.15, -0.1) is 0 Å². The van der Waals surface area contributed by atoms with Crippen LogP contribution < -0.4 is 0 Å². The van der Waals surface area contributed by atoms with E-state index in [1.165, 1.54) is 0 Å². The summed E-state index contributed by atoms with van der Waals surface area (Å²) in [6, 6.07) is 13.3. The van der Waals surface area contributed by atoms with Crippen molar-refractivity contribution in [3.8, 4) is 0 Å². The van der Waals surface area contributed by atoms with Gasteiger partial charge in [0.1, 0.15) is 5.58 Å². The van der Waals surface area contributed by atoms with Crippen LogP contribution in [0.15, 0.2) is 59.3 Å². The molecule has 0 N–H and O–H groups in total. The SMILES string of the molecule is CC(C)CN(Cc1cccnc1)C(=O)c1cc2ccccc2o1. The summed E-state index contributed by atoms with van der Waals surface area (Å²) in [5, 5.41) is 0.946. The Bertz CT molecular complexity index is 760. The largest absolute Gasteiger partial charge is 0.451 e. The summed E-state index contributed by atoms with van der Waals surface area (Å²) in [7, 11) is 0. The second-order valence-electron chi connectivity index (χ2n) is 6.09. The highest BCUT2D eigenvalue weighted by atomic mass is 16.3. The van der Waals surface area contributed by atoms with Gasteiger partial charge in [0.25, 0.3) is 5.91 Å². The van der Waals surface area contributed by atoms with Crippen LogP contribution in [0.1, 0.15) is 30.0 Å². The maximum Gasteiger partial charge on any atom is 0.289 e. The van der Waals surface area contributed by atoms with E-state index in [4.69, 9.17) is 4.42 Å². The van der Waals surface area contributed by atoms with Crippen molar-refractivity contribution in [1.82, 2.24) is 9.88 Å². The monoisotopic (exact) mass is 308 g/mol. The Balaban J connectivity index is 1.87. The van der Waals surface area contributed by atoms with E-state index in [-0.39, 0.29) is 5.91 Å². The second kappa shape index (κ2) is 6.65. The van der Waals surface area contributed by atoms with Crippen LogP contribution in [0.2, 0.25) is 0 Å². The number of aromatic nitrogens is 1. The zero-order valence-electron chi connectivity index (χ0n) is 13.4. The van der Waals surface area contributed by atoms with Crippen molar-refractivity contribution in [2.45, 2.75) is 20.4 Å². The van der Waals surface area contributed by atoms with Gasteiger partial charge in [-0.25, -0.2) is 0 Å². The first-order chi connectivity index (χ1) is 11.1. The molecule has 1 amide bonds. The highest BCUT2D eigenvalue weighted by Crippen LogP contribution is 2.21. The number of pyridine rings is 1. The average Bonchev–Trinajstić information content (AvgIpc) is 2.98. The van der Waals surface area contributed by atoms with Gasteiger partial charge in [-0.3, -0.25) is 9.78 Å². The molecule has 118 valence electrons. The molecule has 4 heteroatoms. The van der Waals surface area contributed by atoms with Gasteiger partial charge in [0.2, 0.25) is 0 Å². The van der Waals surface area contributed by atoms with Crippen molar-refractivity contribution in [2.75, 3.05) is 6.54 Å². The second-order valence-corrected chi connectivity index (χ2v) is 6.09. The Morgan fingerprint density at radius 1 is 1.22 bits per heavy atom. The fraction of sp³-hybridized carbons (Fsp3) is 0.263. The number of hydrogen-bond acceptors (Lipinski definition) is 3. The minimum absolute atomic E-state index is 0.0845. The third-order valence-corrected chi connectivity index (χ3v) is 3.61. The van der Waals surface area contributed by atoms with Crippen LogP contribution in [0.3, 0.4) is 0 Å². The van der Waals surface area contributed by atoms with Crippen LogP contribution >= 0.6 is 0 Å². The van der Waals surface area contributed by atoms with Gasteiger partial charge in [0.05, 0.1) is 0 Å². The zero-order chi connectivity index (χ0) is 16.2. The average molecular weight is 308 g/mol. The molecule has 23 heavy (non-hydrogen) atoms. The van der Waals surface area contributed by atoms with Gasteiger partial charge < -0.3 is 9.32 Å². The van der Waals surface area contributed by atoms with Gasteiger partial charge in [0, 0.05) is 30.9 Å². The van der Waals surface area contributed by atoms with Crippen LogP contribution in [0.4, 0.5) is 0 Å². The van der Waals surface area contributed by atoms with E-state index >= 15 is 0 Å². The molecule has 0 atom stereocenters. The van der Waals surface area contributed by atoms with Crippen LogP contribution in [0.25, 0.3) is 11.0 Å². The number of fused-ring (bicyclic) bond motifs is 1. The van der Waals surface area contributed by atoms with Gasteiger partial charge in [0.15, 0.2) is 5.76 Å². The Hall–Kier alpha value is -2.62. The molecule has 0 spiro atoms. The quantitative estimate of drug-likeness (QED) is 0.712. The van der Waals surface area contributed by atoms with E-state index in [1.54, 1.807) is 12.4 Å². The molecule has 0 unspecified atom stereocenters. The number of rotatable bonds is 5. The summed E-state index contributed by atoms with van der Waals surface area (Å²) < 4.78 is 5.72. The molecule has 3 aromatic rings. The van der Waals surface area contributed by atoms with Gasteiger partial charge in [-0.05, 0) is 29.7 Å². The molecular weight excluding hydrogens is 288 g/mol. The molecular formula is C19H20N2O2. The molecule has 4 nitrogen and oxygen atoms in total. The molecule has 0 saturated heterocycles. The first-order valence-electron chi connectivity index (χ1n) is 7.80. The molecule has 0 radical (unpaired) electrons. The Kier molecular flexibility index (Phi) is 4.42. The zero-order valence-corrected chi connectivity index (χ0v) is 13.4. The third-order valence-electron chi connectivity index (χ3n) is 3.61. The molecule has 2 heterocycles. The van der Waals surface area contributed by atoms with Crippen LogP contribution in [-0.4, -0.2) is 22.3 Å². The number of para-hydroxylation sites is 1. The van der Waals surface area contributed by atoms with Crippen molar-refractivity contribution in [3.63, 3.8) is 0 Å². The molecule has 0 fully saturated rings. The number of hydrogen-bond donors (Lipinski definition) is 0. The van der Waals surface area contributed by atoms with E-state index in [0.717, 1.165) is 16.5 Å². The summed E-state index contributed by atoms with van der Waals surface area (Å²) in [6.07, 6.45) is 3.52. The summed E-state index contributed by atoms with van der Waals surface area (Å²) in [4.78, 5) is 18.8. The van der Waals surface area contributed by atoms with Gasteiger partial charge >= 0.3 is 0 Å². The predicted molar refractivity (Wildman–Crippen MR) is 90.0 cm³/mol. The van der Waals surface area contributed by atoms with Gasteiger partial charge in [-0.2, -0.15) is 0 Å². The van der Waals surface area contributed by atoms with Crippen molar-refractivity contribution in [1.29, 1.82) is 0 Å². The number of nitrogens with zero attached hydrogens (tertiary/aromatic N) is 2. The molecule has 2 aromatic heterocycles. The van der Waals surface area contributed by atoms with Crippen LogP contribution in [0, 0.1) is 5.92 Å². The smallest absolute Gasteiger partial charge is 0.289 e. The number of carbonyl (C=O) groups is 1. The fourth-order valence-electron chi connectivity index (χ4n) is 2.62. The summed E-state index contributed by atoms with van der Waals surface area (Å²) in [6.45, 7) is 5.40. The van der Waals surface area contributed by atoms with Crippen molar-refractivity contribution in [3.05, 3.63) is 66.2 Å². The number of amides is 1. The summed E-state index contributed by atoms with van der Waals surface area (Å²) in [5.41, 5.74) is 1.75. The lowest BCUT2D eigenvalue weighted by Crippen LogP contribution is -2.33. The lowest BCUT2D eigenvalue weighted by atomic mass is 10.1. The lowest BCUT2D eigenvalue weighted by molar-refractivity contribution is 0.0692. The summed E-state index contributed by atoms with van der Waals surface area (Å²) >= 11 is 0. The molecule has 0 aliphatic heterocycles.